The van der Waals surface area contributed by atoms with E-state index in [1.54, 1.807) is 10.9 Å². The SMILES string of the molecule is Cc1nn(C)cc1-c1ccnc(NCc2ccc3nsnc3c2)n1. The van der Waals surface area contributed by atoms with Crippen molar-refractivity contribution < 1.29 is 0 Å². The molecule has 0 aliphatic carbocycles. The van der Waals surface area contributed by atoms with Crippen molar-refractivity contribution in [3.05, 3.63) is 47.9 Å². The summed E-state index contributed by atoms with van der Waals surface area (Å²) in [6.07, 6.45) is 3.72. The van der Waals surface area contributed by atoms with Crippen molar-refractivity contribution >= 4 is 28.7 Å². The molecule has 24 heavy (non-hydrogen) atoms. The molecular weight excluding hydrogens is 322 g/mol. The van der Waals surface area contributed by atoms with Gasteiger partial charge in [0.25, 0.3) is 0 Å². The Morgan fingerprint density at radius 3 is 2.88 bits per heavy atom. The predicted molar refractivity (Wildman–Crippen MR) is 93.7 cm³/mol. The van der Waals surface area contributed by atoms with E-state index in [1.807, 2.05) is 44.4 Å². The molecule has 0 fully saturated rings. The summed E-state index contributed by atoms with van der Waals surface area (Å²) in [7, 11) is 1.90. The topological polar surface area (TPSA) is 81.4 Å². The second kappa shape index (κ2) is 5.97. The van der Waals surface area contributed by atoms with Gasteiger partial charge < -0.3 is 5.32 Å². The molecule has 0 saturated carbocycles. The van der Waals surface area contributed by atoms with E-state index >= 15 is 0 Å². The molecule has 0 amide bonds. The molecule has 8 heteroatoms. The maximum absolute atomic E-state index is 4.58. The Balaban J connectivity index is 1.54. The molecule has 1 aromatic carbocycles. The van der Waals surface area contributed by atoms with Crippen molar-refractivity contribution in [1.82, 2.24) is 28.5 Å². The molecule has 1 N–H and O–H groups in total. The lowest BCUT2D eigenvalue weighted by molar-refractivity contribution is 0.756. The summed E-state index contributed by atoms with van der Waals surface area (Å²) in [5.74, 6) is 0.590. The highest BCUT2D eigenvalue weighted by molar-refractivity contribution is 7.00. The van der Waals surface area contributed by atoms with Crippen LogP contribution in [-0.4, -0.2) is 28.5 Å². The summed E-state index contributed by atoms with van der Waals surface area (Å²) in [4.78, 5) is 8.88. The summed E-state index contributed by atoms with van der Waals surface area (Å²) in [6.45, 7) is 2.60. The van der Waals surface area contributed by atoms with E-state index in [0.717, 1.165) is 33.5 Å². The average Bonchev–Trinajstić information content (AvgIpc) is 3.18. The van der Waals surface area contributed by atoms with Gasteiger partial charge in [-0.3, -0.25) is 4.68 Å². The largest absolute Gasteiger partial charge is 0.350 e. The van der Waals surface area contributed by atoms with Gasteiger partial charge in [0.05, 0.1) is 23.1 Å². The van der Waals surface area contributed by atoms with Crippen LogP contribution in [0.3, 0.4) is 0 Å². The number of benzene rings is 1. The van der Waals surface area contributed by atoms with Crippen LogP contribution in [0.15, 0.2) is 36.7 Å². The fourth-order valence-electron chi connectivity index (χ4n) is 2.56. The molecule has 0 saturated heterocycles. The van der Waals surface area contributed by atoms with Gasteiger partial charge in [-0.05, 0) is 30.7 Å². The third kappa shape index (κ3) is 2.83. The predicted octanol–water partition coefficient (Wildman–Crippen LogP) is 2.80. The molecule has 0 spiro atoms. The van der Waals surface area contributed by atoms with Crippen LogP contribution in [0.2, 0.25) is 0 Å². The number of aryl methyl sites for hydroxylation is 2. The lowest BCUT2D eigenvalue weighted by Crippen LogP contribution is -2.04. The van der Waals surface area contributed by atoms with E-state index < -0.39 is 0 Å². The Kier molecular flexibility index (Phi) is 3.66. The van der Waals surface area contributed by atoms with Gasteiger partial charge in [-0.15, -0.1) is 0 Å². The molecule has 3 heterocycles. The molecule has 0 atom stereocenters. The van der Waals surface area contributed by atoms with Crippen molar-refractivity contribution in [3.63, 3.8) is 0 Å². The second-order valence-electron chi connectivity index (χ2n) is 5.51. The minimum atomic E-state index is 0.590. The van der Waals surface area contributed by atoms with Crippen molar-refractivity contribution in [1.29, 1.82) is 0 Å². The second-order valence-corrected chi connectivity index (χ2v) is 6.04. The zero-order valence-electron chi connectivity index (χ0n) is 13.3. The number of fused-ring (bicyclic) bond motifs is 1. The number of aromatic nitrogens is 6. The number of hydrogen-bond acceptors (Lipinski definition) is 7. The summed E-state index contributed by atoms with van der Waals surface area (Å²) in [6, 6.07) is 7.93. The van der Waals surface area contributed by atoms with Crippen LogP contribution >= 0.6 is 11.7 Å². The lowest BCUT2D eigenvalue weighted by Gasteiger charge is -2.06. The first-order chi connectivity index (χ1) is 11.7. The third-order valence-corrected chi connectivity index (χ3v) is 4.27. The van der Waals surface area contributed by atoms with Gasteiger partial charge in [-0.25, -0.2) is 9.97 Å². The number of nitrogens with zero attached hydrogens (tertiary/aromatic N) is 6. The van der Waals surface area contributed by atoms with Crippen LogP contribution in [-0.2, 0) is 13.6 Å². The quantitative estimate of drug-likeness (QED) is 0.617. The van der Waals surface area contributed by atoms with Crippen molar-refractivity contribution in [2.24, 2.45) is 7.05 Å². The number of hydrogen-bond donors (Lipinski definition) is 1. The molecule has 0 aliphatic rings. The Hall–Kier alpha value is -2.87. The van der Waals surface area contributed by atoms with Crippen molar-refractivity contribution in [2.45, 2.75) is 13.5 Å². The Morgan fingerprint density at radius 2 is 2.04 bits per heavy atom. The number of nitrogens with one attached hydrogen (secondary N) is 1. The highest BCUT2D eigenvalue weighted by Gasteiger charge is 2.09. The van der Waals surface area contributed by atoms with Crippen LogP contribution < -0.4 is 5.32 Å². The molecule has 120 valence electrons. The summed E-state index contributed by atoms with van der Waals surface area (Å²) in [5, 5.41) is 7.62. The first-order valence-electron chi connectivity index (χ1n) is 7.48. The van der Waals surface area contributed by atoms with Gasteiger partial charge in [0.15, 0.2) is 0 Å². The van der Waals surface area contributed by atoms with Gasteiger partial charge in [0.1, 0.15) is 11.0 Å². The van der Waals surface area contributed by atoms with Crippen molar-refractivity contribution in [3.8, 4) is 11.3 Å². The van der Waals surface area contributed by atoms with Gasteiger partial charge in [0, 0.05) is 31.5 Å². The summed E-state index contributed by atoms with van der Waals surface area (Å²) >= 11 is 1.23. The fourth-order valence-corrected chi connectivity index (χ4v) is 3.08. The van der Waals surface area contributed by atoms with E-state index in [0.29, 0.717) is 12.5 Å². The van der Waals surface area contributed by atoms with E-state index in [9.17, 15) is 0 Å². The lowest BCUT2D eigenvalue weighted by atomic mass is 10.2. The van der Waals surface area contributed by atoms with Crippen LogP contribution in [0.5, 0.6) is 0 Å². The van der Waals surface area contributed by atoms with Crippen LogP contribution in [0.1, 0.15) is 11.3 Å². The molecule has 4 aromatic rings. The number of rotatable bonds is 4. The molecule has 0 aliphatic heterocycles. The summed E-state index contributed by atoms with van der Waals surface area (Å²) in [5.41, 5.74) is 5.77. The normalized spacial score (nSPS) is 11.1. The standard InChI is InChI=1S/C16H15N7S/c1-10-12(9-23(2)20-10)13-5-6-17-16(19-13)18-8-11-3-4-14-15(7-11)22-24-21-14/h3-7,9H,8H2,1-2H3,(H,17,18,19). The first kappa shape index (κ1) is 14.7. The van der Waals surface area contributed by atoms with Gasteiger partial charge >= 0.3 is 0 Å². The van der Waals surface area contributed by atoms with Crippen LogP contribution in [0.4, 0.5) is 5.95 Å². The highest BCUT2D eigenvalue weighted by Crippen LogP contribution is 2.21. The molecule has 7 nitrogen and oxygen atoms in total. The van der Waals surface area contributed by atoms with Gasteiger partial charge in [-0.1, -0.05) is 6.07 Å². The Morgan fingerprint density at radius 1 is 1.17 bits per heavy atom. The zero-order chi connectivity index (χ0) is 16.5. The van der Waals surface area contributed by atoms with E-state index in [4.69, 9.17) is 0 Å². The molecule has 0 radical (unpaired) electrons. The Labute approximate surface area is 142 Å². The Bertz CT molecular complexity index is 1000. The highest BCUT2D eigenvalue weighted by atomic mass is 32.1. The maximum Gasteiger partial charge on any atom is 0.223 e. The summed E-state index contributed by atoms with van der Waals surface area (Å²) < 4.78 is 10.3. The molecule has 3 aromatic heterocycles. The number of anilines is 1. The molecular formula is C16H15N7S. The van der Waals surface area contributed by atoms with Gasteiger partial charge in [0.2, 0.25) is 5.95 Å². The first-order valence-corrected chi connectivity index (χ1v) is 8.21. The average molecular weight is 337 g/mol. The van der Waals surface area contributed by atoms with E-state index in [1.165, 1.54) is 11.7 Å². The minimum Gasteiger partial charge on any atom is -0.350 e. The van der Waals surface area contributed by atoms with Crippen LogP contribution in [0, 0.1) is 6.92 Å². The van der Waals surface area contributed by atoms with Crippen LogP contribution in [0.25, 0.3) is 22.3 Å². The fraction of sp³-hybridized carbons (Fsp3) is 0.188. The molecule has 0 bridgehead atoms. The van der Waals surface area contributed by atoms with Crippen molar-refractivity contribution in [2.75, 3.05) is 5.32 Å². The van der Waals surface area contributed by atoms with Gasteiger partial charge in [-0.2, -0.15) is 13.8 Å². The molecule has 4 rings (SSSR count). The van der Waals surface area contributed by atoms with E-state index in [-0.39, 0.29) is 0 Å². The zero-order valence-corrected chi connectivity index (χ0v) is 14.1. The third-order valence-electron chi connectivity index (χ3n) is 3.71. The minimum absolute atomic E-state index is 0.590. The smallest absolute Gasteiger partial charge is 0.223 e. The molecule has 0 unspecified atom stereocenters. The monoisotopic (exact) mass is 337 g/mol. The maximum atomic E-state index is 4.58. The van der Waals surface area contributed by atoms with E-state index in [2.05, 4.69) is 29.1 Å².